The van der Waals surface area contributed by atoms with Crippen LogP contribution in [0.15, 0.2) is 6.07 Å². The first kappa shape index (κ1) is 8.63. The highest BCUT2D eigenvalue weighted by molar-refractivity contribution is 5.92. The Morgan fingerprint density at radius 2 is 2.42 bits per heavy atom. The molecule has 1 heterocycles. The molecular weight excluding hydrogens is 168 g/mol. The lowest BCUT2D eigenvalue weighted by Gasteiger charge is -1.97. The average molecular weight is 175 g/mol. The summed E-state index contributed by atoms with van der Waals surface area (Å²) in [5, 5.41) is 7.98. The van der Waals surface area contributed by atoms with Crippen LogP contribution in [0.4, 0.5) is 14.6 Å². The molecule has 0 aliphatic rings. The van der Waals surface area contributed by atoms with Gasteiger partial charge < -0.3 is 5.32 Å². The number of carbonyl (C=O) groups excluding carboxylic acids is 1. The average Bonchev–Trinajstić information content (AvgIpc) is 2.35. The molecule has 0 saturated heterocycles. The standard InChI is InChI=1S/C6H7F2N3O/c1-3-2-4(11-10-3)9-6(12)5(7)8/h2,5H,1H3,(H2,9,10,11,12). The molecule has 0 aliphatic carbocycles. The number of hydrogen-bond acceptors (Lipinski definition) is 2. The summed E-state index contributed by atoms with van der Waals surface area (Å²) in [4.78, 5) is 10.4. The summed E-state index contributed by atoms with van der Waals surface area (Å²) in [6, 6.07) is 1.46. The molecule has 0 saturated carbocycles. The number of amides is 1. The predicted octanol–water partition coefficient (Wildman–Crippen LogP) is 0.922. The van der Waals surface area contributed by atoms with Gasteiger partial charge in [0, 0.05) is 11.8 Å². The molecule has 2 N–H and O–H groups in total. The highest BCUT2D eigenvalue weighted by Gasteiger charge is 2.15. The maximum absolute atomic E-state index is 11.7. The van der Waals surface area contributed by atoms with Crippen LogP contribution in [0, 0.1) is 6.92 Å². The molecule has 0 radical (unpaired) electrons. The Hall–Kier alpha value is -1.46. The Kier molecular flexibility index (Phi) is 2.37. The Morgan fingerprint density at radius 3 is 2.83 bits per heavy atom. The maximum atomic E-state index is 11.7. The molecule has 0 fully saturated rings. The highest BCUT2D eigenvalue weighted by Crippen LogP contribution is 2.05. The van der Waals surface area contributed by atoms with E-state index in [-0.39, 0.29) is 5.82 Å². The largest absolute Gasteiger partial charge is 0.315 e. The van der Waals surface area contributed by atoms with Crippen molar-refractivity contribution >= 4 is 11.7 Å². The van der Waals surface area contributed by atoms with Crippen molar-refractivity contribution in [2.24, 2.45) is 0 Å². The normalized spacial score (nSPS) is 10.3. The summed E-state index contributed by atoms with van der Waals surface area (Å²) >= 11 is 0. The predicted molar refractivity (Wildman–Crippen MR) is 38.0 cm³/mol. The number of halogens is 2. The number of rotatable bonds is 2. The molecule has 1 amide bonds. The lowest BCUT2D eigenvalue weighted by molar-refractivity contribution is -0.126. The summed E-state index contributed by atoms with van der Waals surface area (Å²) < 4.78 is 23.3. The second-order valence-electron chi connectivity index (χ2n) is 2.23. The molecule has 4 nitrogen and oxygen atoms in total. The van der Waals surface area contributed by atoms with Crippen LogP contribution >= 0.6 is 0 Å². The molecule has 66 valence electrons. The van der Waals surface area contributed by atoms with Crippen LogP contribution in [-0.2, 0) is 4.79 Å². The number of anilines is 1. The van der Waals surface area contributed by atoms with Gasteiger partial charge in [0.2, 0.25) is 0 Å². The number of hydrogen-bond donors (Lipinski definition) is 2. The van der Waals surface area contributed by atoms with Crippen LogP contribution in [0.1, 0.15) is 5.69 Å². The van der Waals surface area contributed by atoms with Crippen molar-refractivity contribution in [1.82, 2.24) is 10.2 Å². The Labute approximate surface area is 67.0 Å². The second-order valence-corrected chi connectivity index (χ2v) is 2.23. The van der Waals surface area contributed by atoms with Crippen LogP contribution in [0.2, 0.25) is 0 Å². The highest BCUT2D eigenvalue weighted by atomic mass is 19.3. The van der Waals surface area contributed by atoms with Gasteiger partial charge in [-0.25, -0.2) is 0 Å². The van der Waals surface area contributed by atoms with E-state index in [1.165, 1.54) is 6.07 Å². The number of nitrogens with zero attached hydrogens (tertiary/aromatic N) is 1. The smallest absolute Gasteiger partial charge is 0.304 e. The van der Waals surface area contributed by atoms with Crippen molar-refractivity contribution in [3.63, 3.8) is 0 Å². The van der Waals surface area contributed by atoms with E-state index < -0.39 is 12.3 Å². The second kappa shape index (κ2) is 3.29. The van der Waals surface area contributed by atoms with Crippen molar-refractivity contribution in [3.8, 4) is 0 Å². The third-order valence-corrected chi connectivity index (χ3v) is 1.16. The number of aryl methyl sites for hydroxylation is 1. The van der Waals surface area contributed by atoms with Crippen molar-refractivity contribution in [1.29, 1.82) is 0 Å². The molecule has 1 rings (SSSR count). The van der Waals surface area contributed by atoms with Gasteiger partial charge in [-0.05, 0) is 6.92 Å². The summed E-state index contributed by atoms with van der Waals surface area (Å²) in [5.41, 5.74) is 0.694. The number of aromatic nitrogens is 2. The van der Waals surface area contributed by atoms with Gasteiger partial charge in [-0.3, -0.25) is 9.89 Å². The van der Waals surface area contributed by atoms with E-state index in [1.807, 2.05) is 5.32 Å². The summed E-state index contributed by atoms with van der Waals surface area (Å²) in [6.45, 7) is 1.70. The lowest BCUT2D eigenvalue weighted by atomic mass is 10.4. The third kappa shape index (κ3) is 2.01. The molecule has 0 aromatic carbocycles. The molecule has 12 heavy (non-hydrogen) atoms. The quantitative estimate of drug-likeness (QED) is 0.702. The number of carbonyl (C=O) groups is 1. The fraction of sp³-hybridized carbons (Fsp3) is 0.333. The molecule has 1 aromatic heterocycles. The van der Waals surface area contributed by atoms with Gasteiger partial charge in [0.15, 0.2) is 5.82 Å². The van der Waals surface area contributed by atoms with E-state index in [1.54, 1.807) is 6.92 Å². The Morgan fingerprint density at radius 1 is 1.75 bits per heavy atom. The van der Waals surface area contributed by atoms with E-state index in [2.05, 4.69) is 10.2 Å². The third-order valence-electron chi connectivity index (χ3n) is 1.16. The Balaban J connectivity index is 2.58. The van der Waals surface area contributed by atoms with Gasteiger partial charge in [0.1, 0.15) is 0 Å². The van der Waals surface area contributed by atoms with E-state index in [0.717, 1.165) is 0 Å². The van der Waals surface area contributed by atoms with Crippen molar-refractivity contribution in [3.05, 3.63) is 11.8 Å². The van der Waals surface area contributed by atoms with Crippen LogP contribution in [0.3, 0.4) is 0 Å². The zero-order chi connectivity index (χ0) is 9.14. The van der Waals surface area contributed by atoms with E-state index in [9.17, 15) is 13.6 Å². The number of H-pyrrole nitrogens is 1. The summed E-state index contributed by atoms with van der Waals surface area (Å²) in [7, 11) is 0. The van der Waals surface area contributed by atoms with Gasteiger partial charge in [0.05, 0.1) is 0 Å². The molecule has 0 unspecified atom stereocenters. The van der Waals surface area contributed by atoms with Crippen molar-refractivity contribution < 1.29 is 13.6 Å². The maximum Gasteiger partial charge on any atom is 0.315 e. The van der Waals surface area contributed by atoms with Crippen LogP contribution < -0.4 is 5.32 Å². The molecule has 0 spiro atoms. The van der Waals surface area contributed by atoms with Crippen molar-refractivity contribution in [2.45, 2.75) is 13.3 Å². The SMILES string of the molecule is Cc1cc(NC(=O)C(F)F)n[nH]1. The van der Waals surface area contributed by atoms with E-state index in [4.69, 9.17) is 0 Å². The molecule has 6 heteroatoms. The first-order valence-electron chi connectivity index (χ1n) is 3.20. The minimum Gasteiger partial charge on any atom is -0.304 e. The topological polar surface area (TPSA) is 57.8 Å². The molecule has 0 bridgehead atoms. The monoisotopic (exact) mass is 175 g/mol. The van der Waals surface area contributed by atoms with E-state index >= 15 is 0 Å². The first-order valence-corrected chi connectivity index (χ1v) is 3.20. The van der Waals surface area contributed by atoms with Gasteiger partial charge in [-0.2, -0.15) is 13.9 Å². The zero-order valence-corrected chi connectivity index (χ0v) is 6.27. The van der Waals surface area contributed by atoms with Gasteiger partial charge in [0.25, 0.3) is 5.91 Å². The molecule has 1 aromatic rings. The lowest BCUT2D eigenvalue weighted by Crippen LogP contribution is -2.20. The van der Waals surface area contributed by atoms with Crippen molar-refractivity contribution in [2.75, 3.05) is 5.32 Å². The Bertz CT molecular complexity index is 284. The minimum atomic E-state index is -3.01. The fourth-order valence-corrected chi connectivity index (χ4v) is 0.663. The van der Waals surface area contributed by atoms with Gasteiger partial charge >= 0.3 is 6.43 Å². The van der Waals surface area contributed by atoms with Gasteiger partial charge in [-0.15, -0.1) is 0 Å². The van der Waals surface area contributed by atoms with E-state index in [0.29, 0.717) is 5.69 Å². The number of aromatic amines is 1. The fourth-order valence-electron chi connectivity index (χ4n) is 0.663. The van der Waals surface area contributed by atoms with Crippen LogP contribution in [-0.4, -0.2) is 22.5 Å². The molecule has 0 atom stereocenters. The van der Waals surface area contributed by atoms with Crippen LogP contribution in [0.25, 0.3) is 0 Å². The first-order chi connectivity index (χ1) is 5.59. The zero-order valence-electron chi connectivity index (χ0n) is 6.27. The van der Waals surface area contributed by atoms with Gasteiger partial charge in [-0.1, -0.05) is 0 Å². The molecular formula is C6H7F2N3O. The number of alkyl halides is 2. The molecule has 0 aliphatic heterocycles. The summed E-state index contributed by atoms with van der Waals surface area (Å²) in [5.74, 6) is -1.24. The number of nitrogens with one attached hydrogen (secondary N) is 2. The summed E-state index contributed by atoms with van der Waals surface area (Å²) in [6.07, 6.45) is -3.01. The van der Waals surface area contributed by atoms with Crippen LogP contribution in [0.5, 0.6) is 0 Å². The minimum absolute atomic E-state index is 0.109.